The first-order valence-corrected chi connectivity index (χ1v) is 29.3. The maximum absolute atomic E-state index is 9.97. The van der Waals surface area contributed by atoms with Crippen LogP contribution in [0.15, 0.2) is 158 Å². The van der Waals surface area contributed by atoms with Gasteiger partial charge < -0.3 is 38.2 Å². The first kappa shape index (κ1) is 44.9. The van der Waals surface area contributed by atoms with Crippen molar-refractivity contribution in [2.45, 2.75) is 12.8 Å². The van der Waals surface area contributed by atoms with Crippen molar-refractivity contribution in [3.8, 4) is 56.8 Å². The van der Waals surface area contributed by atoms with Crippen LogP contribution >= 0.6 is 57.6 Å². The Bertz CT molecular complexity index is 2960. The average Bonchev–Trinajstić information content (AvgIpc) is 3.33. The highest BCUT2D eigenvalue weighted by molar-refractivity contribution is 14.2. The number of methoxy groups -OCH3 is 2. The van der Waals surface area contributed by atoms with Crippen LogP contribution in [0.3, 0.4) is 0 Å². The predicted octanol–water partition coefficient (Wildman–Crippen LogP) is 14.2. The van der Waals surface area contributed by atoms with E-state index in [0.717, 1.165) is 90.8 Å². The molecule has 8 aromatic rings. The third-order valence-corrected chi connectivity index (χ3v) is 14.6. The van der Waals surface area contributed by atoms with Crippen molar-refractivity contribution in [1.29, 1.82) is 2.25 Å². The fraction of sp³-hybridized carbons (Fsp3) is 0.120. The molecule has 0 aliphatic heterocycles. The molecule has 2 N–H and O–H groups in total. The summed E-state index contributed by atoms with van der Waals surface area (Å²) >= 11 is 4.09. The number of phenols is 2. The van der Waals surface area contributed by atoms with Gasteiger partial charge in [-0.1, -0.05) is 101 Å². The minimum atomic E-state index is -0.565. The quantitative estimate of drug-likeness (QED) is 0.0329. The van der Waals surface area contributed by atoms with Gasteiger partial charge in [-0.3, -0.25) is 0 Å². The Morgan fingerprint density at radius 3 is 1.41 bits per heavy atom. The second-order valence-electron chi connectivity index (χ2n) is 14.3. The number of hydrogen-bond donors (Lipinski definition) is 4. The Morgan fingerprint density at radius 2 is 0.906 bits per heavy atom. The first-order valence-electron chi connectivity index (χ1n) is 20.6. The zero-order valence-corrected chi connectivity index (χ0v) is 42.4. The number of ether oxygens (including phenoxy) is 4. The van der Waals surface area contributed by atoms with E-state index >= 15 is 0 Å². The lowest BCUT2D eigenvalue weighted by atomic mass is 9.90. The van der Waals surface area contributed by atoms with E-state index in [0.29, 0.717) is 15.2 Å². The molecule has 0 aliphatic rings. The van der Waals surface area contributed by atoms with E-state index < -0.39 is 16.0 Å². The molecule has 64 heavy (non-hydrogen) atoms. The molecule has 0 spiro atoms. The molecular formula is C50H44I2O8P2S2. The van der Waals surface area contributed by atoms with Crippen LogP contribution in [-0.2, 0) is 38.3 Å². The monoisotopic (exact) mass is 1160 g/mol. The second kappa shape index (κ2) is 24.3. The lowest BCUT2D eigenvalue weighted by Gasteiger charge is -2.15. The van der Waals surface area contributed by atoms with Gasteiger partial charge in [0.2, 0.25) is 0 Å². The highest BCUT2D eigenvalue weighted by atomic mass is 127. The fourth-order valence-electron chi connectivity index (χ4n) is 7.25. The summed E-state index contributed by atoms with van der Waals surface area (Å²) in [6, 6.07) is 51.3. The lowest BCUT2D eigenvalue weighted by molar-refractivity contribution is 0.0510. The van der Waals surface area contributed by atoms with Crippen LogP contribution < -0.4 is 18.5 Å². The molecule has 0 heterocycles. The summed E-state index contributed by atoms with van der Waals surface area (Å²) in [5.41, 5.74) is 9.09. The summed E-state index contributed by atoms with van der Waals surface area (Å²) in [6.45, 7) is 0.417. The Morgan fingerprint density at radius 1 is 0.484 bits per heavy atom. The molecule has 0 fully saturated rings. The van der Waals surface area contributed by atoms with Crippen molar-refractivity contribution in [2.75, 3.05) is 27.8 Å². The van der Waals surface area contributed by atoms with Crippen molar-refractivity contribution in [2.24, 2.45) is 0 Å². The van der Waals surface area contributed by atoms with Crippen molar-refractivity contribution in [3.63, 3.8) is 0 Å². The summed E-state index contributed by atoms with van der Waals surface area (Å²) in [6.07, 6.45) is 1.46. The number of aromatic hydroxyl groups is 2. The van der Waals surface area contributed by atoms with Gasteiger partial charge in [-0.05, 0) is 194 Å². The standard InChI is InChI=1S/2C25H22IO4PS/c1-28-16-29-21-10-4-18(5-11-21)23-12-6-19-15-20(27)7-13-24(19)25(23)14-17-2-8-22(9-3-17)30-31-32-26;1-28-16-29-22-11-13-24-19(15-22)6-12-23(18-4-7-20(27)8-5-18)25(24)14-17-2-9-21(10-3-17)30-31-32-26/h2*2-13,15,27,32H,14,16H2,1H3/i2*32T. The summed E-state index contributed by atoms with van der Waals surface area (Å²) in [5.74, 6) is 3.54. The van der Waals surface area contributed by atoms with E-state index in [2.05, 4.69) is 48.5 Å². The molecule has 0 saturated heterocycles. The molecule has 0 saturated carbocycles. The second-order valence-corrected chi connectivity index (χ2v) is 24.0. The van der Waals surface area contributed by atoms with Gasteiger partial charge in [-0.2, -0.15) is 0 Å². The topological polar surface area (TPSA) is 95.8 Å². The zero-order chi connectivity index (χ0) is 46.4. The number of fused-ring (bicyclic) bond motifs is 2. The molecule has 8 aromatic carbocycles. The molecular weight excluding hydrogens is 1110 g/mol. The van der Waals surface area contributed by atoms with Crippen molar-refractivity contribution in [1.82, 2.24) is 0 Å². The molecule has 2 unspecified atom stereocenters. The summed E-state index contributed by atoms with van der Waals surface area (Å²) in [4.78, 5) is 0. The summed E-state index contributed by atoms with van der Waals surface area (Å²) < 4.78 is 47.6. The average molecular weight is 1160 g/mol. The molecule has 0 amide bonds. The maximum Gasteiger partial charge on any atom is 0.188 e. The van der Waals surface area contributed by atoms with E-state index in [1.54, 1.807) is 38.5 Å². The van der Waals surface area contributed by atoms with Crippen LogP contribution in [0.25, 0.3) is 43.8 Å². The highest BCUT2D eigenvalue weighted by Crippen LogP contribution is 2.37. The van der Waals surface area contributed by atoms with E-state index in [1.165, 1.54) is 11.1 Å². The Hall–Kier alpha value is -4.24. The van der Waals surface area contributed by atoms with Crippen molar-refractivity contribution >= 4 is 95.2 Å². The summed E-state index contributed by atoms with van der Waals surface area (Å²) in [7, 11) is 3.35. The van der Waals surface area contributed by atoms with E-state index in [-0.39, 0.29) is 25.1 Å². The minimum absolute atomic E-state index is 0.205. The number of hydrogen-bond acceptors (Lipinski definition) is 8. The largest absolute Gasteiger partial charge is 0.508 e. The Balaban J connectivity index is 0.000000196. The molecule has 0 aromatic heterocycles. The van der Waals surface area contributed by atoms with Crippen molar-refractivity contribution in [3.05, 3.63) is 180 Å². The van der Waals surface area contributed by atoms with Gasteiger partial charge in [-0.25, -0.2) is 0 Å². The molecule has 0 radical (unpaired) electrons. The van der Waals surface area contributed by atoms with Crippen LogP contribution in [0.4, 0.5) is 0 Å². The third-order valence-electron chi connectivity index (χ3n) is 10.2. The highest BCUT2D eigenvalue weighted by Gasteiger charge is 2.14. The molecule has 14 heteroatoms. The molecule has 2 atom stereocenters. The third kappa shape index (κ3) is 13.0. The molecule has 8 nitrogen and oxygen atoms in total. The number of thiol groups is 2. The normalized spacial score (nSPS) is 12.5. The predicted molar refractivity (Wildman–Crippen MR) is 286 cm³/mol. The molecule has 8 rings (SSSR count). The number of phenolic OH excluding ortho intramolecular Hbond substituents is 2. The van der Waals surface area contributed by atoms with Crippen LogP contribution in [0.2, 0.25) is 0 Å². The van der Waals surface area contributed by atoms with Gasteiger partial charge in [0, 0.05) is 14.2 Å². The van der Waals surface area contributed by atoms with Crippen LogP contribution in [0, 0.1) is 0 Å². The molecule has 328 valence electrons. The van der Waals surface area contributed by atoms with Gasteiger partial charge in [0.25, 0.3) is 0 Å². The molecule has 0 aliphatic carbocycles. The first-order chi connectivity index (χ1) is 32.1. The van der Waals surface area contributed by atoms with E-state index in [1.807, 2.05) is 127 Å². The van der Waals surface area contributed by atoms with Crippen LogP contribution in [0.1, 0.15) is 22.3 Å². The van der Waals surface area contributed by atoms with Gasteiger partial charge in [0.05, 0.1) is 0 Å². The number of benzene rings is 8. The zero-order valence-electron chi connectivity index (χ0n) is 36.7. The smallest absolute Gasteiger partial charge is 0.188 e. The van der Waals surface area contributed by atoms with Crippen LogP contribution in [-0.4, -0.2) is 40.3 Å². The SMILES string of the molecule is [3H]S(I)=POc1ccc(Cc2c(-c3ccc(O)cc3)ccc3cc(OCOC)ccc23)cc1.[3H]S(I)=POc1ccc(Cc2c(-c3ccc(OCOC)cc3)ccc3cc(O)ccc23)cc1. The Labute approximate surface area is 409 Å². The van der Waals surface area contributed by atoms with Gasteiger partial charge in [0.1, 0.15) is 36.7 Å². The van der Waals surface area contributed by atoms with Gasteiger partial charge in [0.15, 0.2) is 28.8 Å². The maximum atomic E-state index is 9.97. The minimum Gasteiger partial charge on any atom is -0.508 e. The van der Waals surface area contributed by atoms with Crippen molar-refractivity contribution < 1.29 is 38.2 Å². The fourth-order valence-corrected chi connectivity index (χ4v) is 9.85. The molecule has 0 bridgehead atoms. The van der Waals surface area contributed by atoms with Gasteiger partial charge >= 0.3 is 0 Å². The Kier molecular flexibility index (Phi) is 17.1. The van der Waals surface area contributed by atoms with E-state index in [4.69, 9.17) is 30.2 Å². The lowest BCUT2D eigenvalue weighted by Crippen LogP contribution is -1.99. The number of halogens is 2. The number of rotatable bonds is 16. The van der Waals surface area contributed by atoms with Gasteiger partial charge in [-0.15, -0.1) is 0 Å². The van der Waals surface area contributed by atoms with E-state index in [9.17, 15) is 10.2 Å². The van der Waals surface area contributed by atoms with Crippen LogP contribution in [0.5, 0.6) is 34.5 Å². The summed E-state index contributed by atoms with van der Waals surface area (Å²) in [5, 5.41) is 24.0.